The van der Waals surface area contributed by atoms with E-state index in [0.29, 0.717) is 0 Å². The first kappa shape index (κ1) is 22.6. The average Bonchev–Trinajstić information content (AvgIpc) is 3.16. The summed E-state index contributed by atoms with van der Waals surface area (Å²) in [6.45, 7) is 0.314. The molecular weight excluding hydrogens is 422 g/mol. The van der Waals surface area contributed by atoms with Crippen LogP contribution >= 0.6 is 0 Å². The van der Waals surface area contributed by atoms with E-state index in [2.05, 4.69) is 34.6 Å². The molecule has 5 N–H and O–H groups in total. The highest BCUT2D eigenvalue weighted by atomic mass is 16.5. The Balaban J connectivity index is 1.29. The largest absolute Gasteiger partial charge is 0.481 e. The summed E-state index contributed by atoms with van der Waals surface area (Å²) in [5.41, 5.74) is 10.8. The van der Waals surface area contributed by atoms with Crippen LogP contribution in [0.3, 0.4) is 0 Å². The van der Waals surface area contributed by atoms with E-state index >= 15 is 0 Å². The Kier molecular flexibility index (Phi) is 6.76. The molecule has 2 atom stereocenters. The highest BCUT2D eigenvalue weighted by molar-refractivity contribution is 5.79. The van der Waals surface area contributed by atoms with Crippen LogP contribution in [0.1, 0.15) is 35.3 Å². The van der Waals surface area contributed by atoms with Gasteiger partial charge < -0.3 is 30.7 Å². The van der Waals surface area contributed by atoms with Gasteiger partial charge in [0.2, 0.25) is 5.88 Å². The van der Waals surface area contributed by atoms with Crippen LogP contribution in [-0.2, 0) is 4.74 Å². The number of pyridine rings is 1. The van der Waals surface area contributed by atoms with Crippen LogP contribution in [0, 0.1) is 0 Å². The summed E-state index contributed by atoms with van der Waals surface area (Å²) >= 11 is 0. The minimum Gasteiger partial charge on any atom is -0.481 e. The Bertz CT molecular complexity index is 1090. The molecule has 3 aromatic rings. The third kappa shape index (κ3) is 4.76. The van der Waals surface area contributed by atoms with Gasteiger partial charge in [0.15, 0.2) is 0 Å². The fraction of sp³-hybridized carbons (Fsp3) is 0.280. The maximum absolute atomic E-state index is 12.3. The number of nitrogens with two attached hydrogens (primary N) is 1. The highest BCUT2D eigenvalue weighted by Crippen LogP contribution is 2.44. The predicted octanol–water partition coefficient (Wildman–Crippen LogP) is 3.00. The number of aromatic nitrogens is 1. The SMILES string of the molecule is COc1ccc(N)c(C(O)C(O)CCNC(=O)OCC2c3ccccc3-c3ccccc32)n1. The molecule has 0 bridgehead atoms. The zero-order valence-electron chi connectivity index (χ0n) is 18.3. The molecular formula is C25H27N3O5. The molecule has 1 aliphatic carbocycles. The van der Waals surface area contributed by atoms with Crippen molar-refractivity contribution >= 4 is 11.8 Å². The second-order valence-corrected chi connectivity index (χ2v) is 7.88. The van der Waals surface area contributed by atoms with Crippen molar-refractivity contribution in [1.82, 2.24) is 10.3 Å². The lowest BCUT2D eigenvalue weighted by Crippen LogP contribution is -2.31. The van der Waals surface area contributed by atoms with Crippen molar-refractivity contribution in [1.29, 1.82) is 0 Å². The maximum Gasteiger partial charge on any atom is 0.407 e. The number of carbonyl (C=O) groups is 1. The zero-order chi connectivity index (χ0) is 23.4. The van der Waals surface area contributed by atoms with E-state index in [4.69, 9.17) is 15.2 Å². The number of carbonyl (C=O) groups excluding carboxylic acids is 1. The second kappa shape index (κ2) is 9.89. The van der Waals surface area contributed by atoms with Gasteiger partial charge in [-0.15, -0.1) is 0 Å². The van der Waals surface area contributed by atoms with Crippen molar-refractivity contribution in [3.63, 3.8) is 0 Å². The summed E-state index contributed by atoms with van der Waals surface area (Å²) in [7, 11) is 1.45. The number of methoxy groups -OCH3 is 1. The number of nitrogens with zero attached hydrogens (tertiary/aromatic N) is 1. The van der Waals surface area contributed by atoms with Crippen molar-refractivity contribution in [2.24, 2.45) is 0 Å². The molecule has 1 heterocycles. The van der Waals surface area contributed by atoms with Crippen LogP contribution in [0.25, 0.3) is 11.1 Å². The molecule has 0 aliphatic heterocycles. The lowest BCUT2D eigenvalue weighted by Gasteiger charge is -2.19. The standard InChI is InChI=1S/C25H27N3O5/c1-32-22-11-10-20(26)23(28-22)24(30)21(29)12-13-27-25(31)33-14-19-17-8-4-2-6-15(17)16-7-3-5-9-18(16)19/h2-11,19,21,24,29-30H,12-14,26H2,1H3,(H,27,31). The first-order valence-electron chi connectivity index (χ1n) is 10.7. The number of nitrogen functional groups attached to an aromatic ring is 1. The first-order chi connectivity index (χ1) is 16.0. The molecule has 0 radical (unpaired) electrons. The zero-order valence-corrected chi connectivity index (χ0v) is 18.3. The molecule has 33 heavy (non-hydrogen) atoms. The molecule has 1 amide bonds. The van der Waals surface area contributed by atoms with Gasteiger partial charge >= 0.3 is 6.09 Å². The van der Waals surface area contributed by atoms with Gasteiger partial charge in [0.1, 0.15) is 12.7 Å². The molecule has 2 aromatic carbocycles. The molecule has 172 valence electrons. The van der Waals surface area contributed by atoms with Crippen LogP contribution in [0.15, 0.2) is 60.7 Å². The number of fused-ring (bicyclic) bond motifs is 3. The molecule has 4 rings (SSSR count). The highest BCUT2D eigenvalue weighted by Gasteiger charge is 2.29. The minimum atomic E-state index is -1.32. The van der Waals surface area contributed by atoms with Gasteiger partial charge in [-0.25, -0.2) is 9.78 Å². The summed E-state index contributed by atoms with van der Waals surface area (Å²) < 4.78 is 10.5. The number of ether oxygens (including phenoxy) is 2. The van der Waals surface area contributed by atoms with Gasteiger partial charge in [-0.3, -0.25) is 0 Å². The fourth-order valence-corrected chi connectivity index (χ4v) is 4.13. The first-order valence-corrected chi connectivity index (χ1v) is 10.7. The molecule has 8 nitrogen and oxygen atoms in total. The number of amides is 1. The van der Waals surface area contributed by atoms with E-state index in [-0.39, 0.29) is 42.8 Å². The molecule has 0 fully saturated rings. The van der Waals surface area contributed by atoms with Crippen LogP contribution < -0.4 is 15.8 Å². The van der Waals surface area contributed by atoms with Gasteiger partial charge in [0.05, 0.1) is 24.6 Å². The summed E-state index contributed by atoms with van der Waals surface area (Å²) in [5.74, 6) is 0.250. The molecule has 8 heteroatoms. The minimum absolute atomic E-state index is 0.0299. The van der Waals surface area contributed by atoms with Crippen molar-refractivity contribution in [3.05, 3.63) is 77.5 Å². The number of rotatable bonds is 8. The summed E-state index contributed by atoms with van der Waals surface area (Å²) in [6.07, 6.45) is -2.99. The number of benzene rings is 2. The predicted molar refractivity (Wildman–Crippen MR) is 124 cm³/mol. The second-order valence-electron chi connectivity index (χ2n) is 7.88. The van der Waals surface area contributed by atoms with Gasteiger partial charge in [0.25, 0.3) is 0 Å². The Morgan fingerprint density at radius 3 is 2.33 bits per heavy atom. The molecule has 0 saturated carbocycles. The topological polar surface area (TPSA) is 127 Å². The van der Waals surface area contributed by atoms with E-state index < -0.39 is 18.3 Å². The molecule has 1 aromatic heterocycles. The number of alkyl carbamates (subject to hydrolysis) is 1. The molecule has 2 unspecified atom stereocenters. The van der Waals surface area contributed by atoms with E-state index in [9.17, 15) is 15.0 Å². The Labute approximate surface area is 192 Å². The molecule has 0 spiro atoms. The number of hydrogen-bond donors (Lipinski definition) is 4. The van der Waals surface area contributed by atoms with E-state index in [1.807, 2.05) is 24.3 Å². The summed E-state index contributed by atoms with van der Waals surface area (Å²) in [4.78, 5) is 16.4. The van der Waals surface area contributed by atoms with Crippen molar-refractivity contribution in [2.75, 3.05) is 26.0 Å². The van der Waals surface area contributed by atoms with Crippen molar-refractivity contribution < 1.29 is 24.5 Å². The van der Waals surface area contributed by atoms with Crippen LogP contribution in [0.2, 0.25) is 0 Å². The van der Waals surface area contributed by atoms with E-state index in [0.717, 1.165) is 22.3 Å². The number of aliphatic hydroxyl groups is 2. The van der Waals surface area contributed by atoms with Gasteiger partial charge in [-0.2, -0.15) is 0 Å². The quantitative estimate of drug-likeness (QED) is 0.416. The average molecular weight is 450 g/mol. The van der Waals surface area contributed by atoms with Gasteiger partial charge in [0, 0.05) is 18.5 Å². The number of anilines is 1. The van der Waals surface area contributed by atoms with Crippen molar-refractivity contribution in [2.45, 2.75) is 24.5 Å². The Hall–Kier alpha value is -3.62. The fourth-order valence-electron chi connectivity index (χ4n) is 4.13. The third-order valence-electron chi connectivity index (χ3n) is 5.84. The summed E-state index contributed by atoms with van der Waals surface area (Å²) in [5, 5.41) is 23.3. The van der Waals surface area contributed by atoms with Gasteiger partial charge in [-0.05, 0) is 34.7 Å². The molecule has 0 saturated heterocycles. The maximum atomic E-state index is 12.3. The summed E-state index contributed by atoms with van der Waals surface area (Å²) in [6, 6.07) is 19.3. The molecule has 1 aliphatic rings. The van der Waals surface area contributed by atoms with Crippen LogP contribution in [0.4, 0.5) is 10.5 Å². The number of nitrogens with one attached hydrogen (secondary N) is 1. The monoisotopic (exact) mass is 449 g/mol. The van der Waals surface area contributed by atoms with Crippen molar-refractivity contribution in [3.8, 4) is 17.0 Å². The van der Waals surface area contributed by atoms with Crippen LogP contribution in [-0.4, -0.2) is 47.7 Å². The smallest absolute Gasteiger partial charge is 0.407 e. The van der Waals surface area contributed by atoms with E-state index in [1.54, 1.807) is 12.1 Å². The Morgan fingerprint density at radius 2 is 1.70 bits per heavy atom. The van der Waals surface area contributed by atoms with Crippen LogP contribution in [0.5, 0.6) is 5.88 Å². The lowest BCUT2D eigenvalue weighted by molar-refractivity contribution is 0.0114. The number of hydrogen-bond acceptors (Lipinski definition) is 7. The normalized spacial score (nSPS) is 14.2. The Morgan fingerprint density at radius 1 is 1.06 bits per heavy atom. The lowest BCUT2D eigenvalue weighted by atomic mass is 9.98. The third-order valence-corrected chi connectivity index (χ3v) is 5.84. The van der Waals surface area contributed by atoms with E-state index in [1.165, 1.54) is 7.11 Å². The van der Waals surface area contributed by atoms with Gasteiger partial charge in [-0.1, -0.05) is 48.5 Å². The number of aliphatic hydroxyl groups excluding tert-OH is 2.